The number of aliphatic imine (C=N–C) groups is 1. The highest BCUT2D eigenvalue weighted by molar-refractivity contribution is 7.89. The number of aromatic carboxylic acids is 1. The van der Waals surface area contributed by atoms with E-state index >= 15 is 0 Å². The Balaban J connectivity index is 1.97. The molecule has 0 radical (unpaired) electrons. The molecule has 146 valence electrons. The van der Waals surface area contributed by atoms with E-state index in [1.807, 2.05) is 0 Å². The lowest BCUT2D eigenvalue weighted by atomic mass is 10.0. The molecule has 2 aromatic rings. The number of hydrogen-bond acceptors (Lipinski definition) is 5. The second-order valence-electron chi connectivity index (χ2n) is 6.59. The lowest BCUT2D eigenvalue weighted by molar-refractivity contribution is -0.115. The van der Waals surface area contributed by atoms with E-state index < -0.39 is 21.9 Å². The SMILES string of the molecule is CC(C)NS(=O)(=O)c1ccc2c(c1)C(C=Nc1ccccc1C(=O)O)C(=O)N2. The zero-order valence-electron chi connectivity index (χ0n) is 15.2. The van der Waals surface area contributed by atoms with Crippen molar-refractivity contribution in [3.8, 4) is 0 Å². The first-order valence-corrected chi connectivity index (χ1v) is 10.0. The Hall–Kier alpha value is -3.04. The highest BCUT2D eigenvalue weighted by Crippen LogP contribution is 2.34. The van der Waals surface area contributed by atoms with Gasteiger partial charge in [0.2, 0.25) is 15.9 Å². The van der Waals surface area contributed by atoms with Gasteiger partial charge < -0.3 is 10.4 Å². The van der Waals surface area contributed by atoms with Crippen LogP contribution in [0.3, 0.4) is 0 Å². The molecule has 0 saturated heterocycles. The van der Waals surface area contributed by atoms with Gasteiger partial charge in [0.15, 0.2) is 0 Å². The molecule has 0 spiro atoms. The predicted octanol–water partition coefficient (Wildman–Crippen LogP) is 2.51. The summed E-state index contributed by atoms with van der Waals surface area (Å²) < 4.78 is 27.3. The fourth-order valence-electron chi connectivity index (χ4n) is 2.88. The van der Waals surface area contributed by atoms with Crippen molar-refractivity contribution in [3.05, 3.63) is 53.6 Å². The van der Waals surface area contributed by atoms with Crippen LogP contribution in [0.1, 0.15) is 35.7 Å². The number of carbonyl (C=O) groups is 2. The van der Waals surface area contributed by atoms with Gasteiger partial charge in [0.25, 0.3) is 0 Å². The molecule has 1 aliphatic rings. The normalized spacial score (nSPS) is 16.4. The van der Waals surface area contributed by atoms with Gasteiger partial charge in [-0.1, -0.05) is 12.1 Å². The van der Waals surface area contributed by atoms with Crippen LogP contribution in [0.2, 0.25) is 0 Å². The largest absolute Gasteiger partial charge is 0.478 e. The number of carboxylic acid groups (broad SMARTS) is 1. The van der Waals surface area contributed by atoms with Crippen LogP contribution < -0.4 is 10.0 Å². The number of nitrogens with one attached hydrogen (secondary N) is 2. The quantitative estimate of drug-likeness (QED) is 0.642. The number of amides is 1. The Morgan fingerprint density at radius 2 is 1.96 bits per heavy atom. The molecule has 1 amide bonds. The van der Waals surface area contributed by atoms with Gasteiger partial charge in [-0.05, 0) is 49.7 Å². The molecular weight excluding hydrogens is 382 g/mol. The summed E-state index contributed by atoms with van der Waals surface area (Å²) in [6.07, 6.45) is 1.33. The summed E-state index contributed by atoms with van der Waals surface area (Å²) >= 11 is 0. The minimum absolute atomic E-state index is 0.00911. The number of anilines is 1. The maximum atomic E-state index is 12.4. The van der Waals surface area contributed by atoms with E-state index in [4.69, 9.17) is 0 Å². The second-order valence-corrected chi connectivity index (χ2v) is 8.31. The predicted molar refractivity (Wildman–Crippen MR) is 105 cm³/mol. The number of carbonyl (C=O) groups excluding carboxylic acids is 1. The number of rotatable bonds is 6. The average Bonchev–Trinajstić information content (AvgIpc) is 2.93. The van der Waals surface area contributed by atoms with Crippen LogP contribution in [0, 0.1) is 0 Å². The average molecular weight is 401 g/mol. The van der Waals surface area contributed by atoms with Gasteiger partial charge in [-0.25, -0.2) is 17.9 Å². The van der Waals surface area contributed by atoms with E-state index in [1.54, 1.807) is 26.0 Å². The van der Waals surface area contributed by atoms with Crippen molar-refractivity contribution in [2.45, 2.75) is 30.7 Å². The molecule has 0 aliphatic carbocycles. The Morgan fingerprint density at radius 3 is 2.64 bits per heavy atom. The highest BCUT2D eigenvalue weighted by atomic mass is 32.2. The van der Waals surface area contributed by atoms with Crippen molar-refractivity contribution >= 4 is 39.5 Å². The van der Waals surface area contributed by atoms with Crippen LogP contribution in [0.25, 0.3) is 0 Å². The first-order chi connectivity index (χ1) is 13.2. The summed E-state index contributed by atoms with van der Waals surface area (Å²) in [6, 6.07) is 10.3. The third-order valence-electron chi connectivity index (χ3n) is 4.10. The summed E-state index contributed by atoms with van der Waals surface area (Å²) in [5, 5.41) is 11.9. The molecule has 0 bridgehead atoms. The smallest absolute Gasteiger partial charge is 0.337 e. The van der Waals surface area contributed by atoms with E-state index in [-0.39, 0.29) is 28.1 Å². The molecule has 3 rings (SSSR count). The molecule has 2 aromatic carbocycles. The topological polar surface area (TPSA) is 125 Å². The minimum atomic E-state index is -3.72. The molecule has 9 heteroatoms. The number of benzene rings is 2. The zero-order valence-corrected chi connectivity index (χ0v) is 16.0. The van der Waals surface area contributed by atoms with Crippen molar-refractivity contribution in [3.63, 3.8) is 0 Å². The van der Waals surface area contributed by atoms with Crippen LogP contribution in [-0.2, 0) is 14.8 Å². The van der Waals surface area contributed by atoms with E-state index in [1.165, 1.54) is 36.5 Å². The molecule has 1 unspecified atom stereocenters. The van der Waals surface area contributed by atoms with Crippen LogP contribution in [-0.4, -0.2) is 37.7 Å². The van der Waals surface area contributed by atoms with Crippen molar-refractivity contribution in [1.29, 1.82) is 0 Å². The van der Waals surface area contributed by atoms with E-state index in [9.17, 15) is 23.1 Å². The molecule has 3 N–H and O–H groups in total. The van der Waals surface area contributed by atoms with Crippen LogP contribution >= 0.6 is 0 Å². The maximum Gasteiger partial charge on any atom is 0.337 e. The highest BCUT2D eigenvalue weighted by Gasteiger charge is 2.31. The molecule has 0 fully saturated rings. The molecule has 1 atom stereocenters. The lowest BCUT2D eigenvalue weighted by Gasteiger charge is -2.11. The van der Waals surface area contributed by atoms with Gasteiger partial charge in [-0.15, -0.1) is 0 Å². The Morgan fingerprint density at radius 1 is 1.25 bits per heavy atom. The number of sulfonamides is 1. The Labute approximate surface area is 162 Å². The van der Waals surface area contributed by atoms with Gasteiger partial charge in [0.1, 0.15) is 5.92 Å². The van der Waals surface area contributed by atoms with Gasteiger partial charge in [-0.2, -0.15) is 0 Å². The number of para-hydroxylation sites is 1. The molecule has 0 saturated carbocycles. The number of fused-ring (bicyclic) bond motifs is 1. The van der Waals surface area contributed by atoms with E-state index in [0.29, 0.717) is 11.3 Å². The Kier molecular flexibility index (Phi) is 5.30. The van der Waals surface area contributed by atoms with Gasteiger partial charge in [0, 0.05) is 17.9 Å². The Bertz CT molecular complexity index is 1080. The van der Waals surface area contributed by atoms with Crippen molar-refractivity contribution in [2.75, 3.05) is 5.32 Å². The first kappa shape index (κ1) is 19.7. The standard InChI is InChI=1S/C19H19N3O5S/c1-11(2)22-28(26,27)12-7-8-17-14(9-12)15(18(23)21-17)10-20-16-6-4-3-5-13(16)19(24)25/h3-11,15,22H,1-2H3,(H,21,23)(H,24,25). The summed E-state index contributed by atoms with van der Waals surface area (Å²) in [4.78, 5) is 27.8. The molecule has 1 heterocycles. The maximum absolute atomic E-state index is 12.4. The van der Waals surface area contributed by atoms with Gasteiger partial charge >= 0.3 is 5.97 Å². The van der Waals surface area contributed by atoms with Crippen LogP contribution in [0.5, 0.6) is 0 Å². The lowest BCUT2D eigenvalue weighted by Crippen LogP contribution is -2.30. The molecule has 28 heavy (non-hydrogen) atoms. The van der Waals surface area contributed by atoms with Crippen molar-refractivity contribution < 1.29 is 23.1 Å². The number of hydrogen-bond donors (Lipinski definition) is 3. The summed E-state index contributed by atoms with van der Waals surface area (Å²) in [5.41, 5.74) is 1.18. The summed E-state index contributed by atoms with van der Waals surface area (Å²) in [5.74, 6) is -2.32. The van der Waals surface area contributed by atoms with Crippen LogP contribution in [0.15, 0.2) is 52.4 Å². The fourth-order valence-corrected chi connectivity index (χ4v) is 4.17. The van der Waals surface area contributed by atoms with E-state index in [2.05, 4.69) is 15.0 Å². The van der Waals surface area contributed by atoms with Crippen LogP contribution in [0.4, 0.5) is 11.4 Å². The minimum Gasteiger partial charge on any atom is -0.478 e. The van der Waals surface area contributed by atoms with Crippen molar-refractivity contribution in [1.82, 2.24) is 4.72 Å². The molecular formula is C19H19N3O5S. The van der Waals surface area contributed by atoms with Gasteiger partial charge in [0.05, 0.1) is 16.1 Å². The zero-order chi connectivity index (χ0) is 20.5. The number of carboxylic acids is 1. The molecule has 0 aromatic heterocycles. The first-order valence-electron chi connectivity index (χ1n) is 8.52. The summed E-state index contributed by atoms with van der Waals surface area (Å²) in [6.45, 7) is 3.43. The number of nitrogens with zero attached hydrogens (tertiary/aromatic N) is 1. The molecule has 8 nitrogen and oxygen atoms in total. The van der Waals surface area contributed by atoms with E-state index in [0.717, 1.165) is 0 Å². The monoisotopic (exact) mass is 401 g/mol. The summed E-state index contributed by atoms with van der Waals surface area (Å²) in [7, 11) is -3.72. The van der Waals surface area contributed by atoms with Gasteiger partial charge in [-0.3, -0.25) is 9.79 Å². The molecule has 1 aliphatic heterocycles. The fraction of sp³-hybridized carbons (Fsp3) is 0.211. The third kappa shape index (κ3) is 3.95. The second kappa shape index (κ2) is 7.53. The third-order valence-corrected chi connectivity index (χ3v) is 5.75. The van der Waals surface area contributed by atoms with Crippen molar-refractivity contribution in [2.24, 2.45) is 4.99 Å².